The first-order valence-corrected chi connectivity index (χ1v) is 10.4. The monoisotopic (exact) mass is 400 g/mol. The number of amides is 3. The molecule has 156 valence electrons. The molecule has 0 spiro atoms. The molecule has 2 fully saturated rings. The molecule has 3 aliphatic rings. The van der Waals surface area contributed by atoms with E-state index in [-0.39, 0.29) is 30.2 Å². The second-order valence-electron chi connectivity index (χ2n) is 7.98. The number of piperidine rings is 2. The third-order valence-corrected chi connectivity index (χ3v) is 6.08. The van der Waals surface area contributed by atoms with Gasteiger partial charge in [0, 0.05) is 44.7 Å². The number of ether oxygens (including phenoxy) is 1. The van der Waals surface area contributed by atoms with Crippen molar-refractivity contribution in [2.24, 2.45) is 5.73 Å². The van der Waals surface area contributed by atoms with Gasteiger partial charge < -0.3 is 15.4 Å². The Bertz CT molecular complexity index is 804. The molecule has 3 heterocycles. The number of rotatable bonds is 6. The van der Waals surface area contributed by atoms with Gasteiger partial charge in [0.25, 0.3) is 5.91 Å². The van der Waals surface area contributed by atoms with Crippen LogP contribution in [0.25, 0.3) is 0 Å². The fraction of sp³-hybridized carbons (Fsp3) is 0.571. The average molecular weight is 400 g/mol. The highest BCUT2D eigenvalue weighted by molar-refractivity contribution is 6.05. The minimum absolute atomic E-state index is 0.120. The van der Waals surface area contributed by atoms with Crippen LogP contribution in [0.3, 0.4) is 0 Å². The molecule has 0 aliphatic carbocycles. The number of likely N-dealkylation sites (tertiary alicyclic amines) is 1. The molecular weight excluding hydrogens is 372 g/mol. The SMILES string of the molecule is NCCOC1CCN(Cc2cccc3c2CN(C2CCC(=O)NC2=O)C3=O)CC1. The number of nitrogens with zero attached hydrogens (tertiary/aromatic N) is 2. The second-order valence-corrected chi connectivity index (χ2v) is 7.98. The Morgan fingerprint density at radius 1 is 1.14 bits per heavy atom. The van der Waals surface area contributed by atoms with E-state index >= 15 is 0 Å². The van der Waals surface area contributed by atoms with Gasteiger partial charge in [0.15, 0.2) is 0 Å². The lowest BCUT2D eigenvalue weighted by Gasteiger charge is -2.32. The van der Waals surface area contributed by atoms with Crippen LogP contribution in [-0.4, -0.2) is 65.9 Å². The second kappa shape index (κ2) is 8.61. The molecule has 0 saturated carbocycles. The van der Waals surface area contributed by atoms with Crippen molar-refractivity contribution in [2.75, 3.05) is 26.2 Å². The van der Waals surface area contributed by atoms with Gasteiger partial charge in [0.2, 0.25) is 11.8 Å². The van der Waals surface area contributed by atoms with Crippen LogP contribution in [0.1, 0.15) is 47.2 Å². The minimum Gasteiger partial charge on any atom is -0.377 e. The molecule has 1 aromatic rings. The van der Waals surface area contributed by atoms with Crippen molar-refractivity contribution in [1.29, 1.82) is 0 Å². The van der Waals surface area contributed by atoms with Crippen molar-refractivity contribution in [3.63, 3.8) is 0 Å². The maximum Gasteiger partial charge on any atom is 0.255 e. The Hall–Kier alpha value is -2.29. The number of nitrogens with two attached hydrogens (primary N) is 1. The predicted molar refractivity (Wildman–Crippen MR) is 106 cm³/mol. The Balaban J connectivity index is 1.42. The van der Waals surface area contributed by atoms with E-state index < -0.39 is 6.04 Å². The molecule has 1 aromatic carbocycles. The van der Waals surface area contributed by atoms with E-state index in [4.69, 9.17) is 10.5 Å². The molecule has 8 nitrogen and oxygen atoms in total. The van der Waals surface area contributed by atoms with Gasteiger partial charge in [-0.3, -0.25) is 24.6 Å². The zero-order valence-electron chi connectivity index (χ0n) is 16.6. The number of fused-ring (bicyclic) bond motifs is 1. The number of carbonyl (C=O) groups excluding carboxylic acids is 3. The van der Waals surface area contributed by atoms with Gasteiger partial charge in [0.1, 0.15) is 6.04 Å². The lowest BCUT2D eigenvalue weighted by Crippen LogP contribution is -2.52. The van der Waals surface area contributed by atoms with Crippen LogP contribution < -0.4 is 11.1 Å². The third kappa shape index (κ3) is 4.19. The van der Waals surface area contributed by atoms with Crippen LogP contribution in [0.4, 0.5) is 0 Å². The van der Waals surface area contributed by atoms with E-state index in [1.165, 1.54) is 0 Å². The smallest absolute Gasteiger partial charge is 0.255 e. The fourth-order valence-corrected chi connectivity index (χ4v) is 4.51. The van der Waals surface area contributed by atoms with Gasteiger partial charge in [-0.1, -0.05) is 12.1 Å². The molecular formula is C21H28N4O4. The Labute approximate surface area is 170 Å². The van der Waals surface area contributed by atoms with Gasteiger partial charge in [-0.2, -0.15) is 0 Å². The number of carbonyl (C=O) groups is 3. The molecule has 1 unspecified atom stereocenters. The number of hydrogen-bond donors (Lipinski definition) is 2. The summed E-state index contributed by atoms with van der Waals surface area (Å²) in [5, 5.41) is 2.35. The molecule has 3 aliphatic heterocycles. The number of hydrogen-bond acceptors (Lipinski definition) is 6. The zero-order valence-corrected chi connectivity index (χ0v) is 16.6. The molecule has 0 aromatic heterocycles. The molecule has 0 radical (unpaired) electrons. The summed E-state index contributed by atoms with van der Waals surface area (Å²) in [4.78, 5) is 40.6. The summed E-state index contributed by atoms with van der Waals surface area (Å²) in [7, 11) is 0. The maximum atomic E-state index is 12.9. The largest absolute Gasteiger partial charge is 0.377 e. The number of nitrogens with one attached hydrogen (secondary N) is 1. The molecule has 29 heavy (non-hydrogen) atoms. The van der Waals surface area contributed by atoms with Crippen molar-refractivity contribution in [3.05, 3.63) is 34.9 Å². The highest BCUT2D eigenvalue weighted by atomic mass is 16.5. The summed E-state index contributed by atoms with van der Waals surface area (Å²) in [5.74, 6) is -0.760. The highest BCUT2D eigenvalue weighted by Crippen LogP contribution is 2.31. The van der Waals surface area contributed by atoms with Crippen molar-refractivity contribution < 1.29 is 19.1 Å². The van der Waals surface area contributed by atoms with Crippen molar-refractivity contribution in [2.45, 2.75) is 50.9 Å². The van der Waals surface area contributed by atoms with Crippen LogP contribution in [-0.2, 0) is 27.4 Å². The Morgan fingerprint density at radius 3 is 2.66 bits per heavy atom. The normalized spacial score (nSPS) is 23.4. The first-order chi connectivity index (χ1) is 14.1. The van der Waals surface area contributed by atoms with E-state index in [1.807, 2.05) is 12.1 Å². The summed E-state index contributed by atoms with van der Waals surface area (Å²) < 4.78 is 5.75. The Kier molecular flexibility index (Phi) is 5.94. The van der Waals surface area contributed by atoms with Crippen molar-refractivity contribution in [3.8, 4) is 0 Å². The van der Waals surface area contributed by atoms with Crippen LogP contribution in [0.2, 0.25) is 0 Å². The van der Waals surface area contributed by atoms with E-state index in [9.17, 15) is 14.4 Å². The molecule has 3 N–H and O–H groups in total. The lowest BCUT2D eigenvalue weighted by atomic mass is 10.0. The van der Waals surface area contributed by atoms with Gasteiger partial charge in [0.05, 0.1) is 12.7 Å². The Morgan fingerprint density at radius 2 is 1.93 bits per heavy atom. The zero-order chi connectivity index (χ0) is 20.4. The molecule has 2 saturated heterocycles. The van der Waals surface area contributed by atoms with Gasteiger partial charge in [-0.15, -0.1) is 0 Å². The fourth-order valence-electron chi connectivity index (χ4n) is 4.51. The first-order valence-electron chi connectivity index (χ1n) is 10.4. The molecule has 0 bridgehead atoms. The van der Waals surface area contributed by atoms with Gasteiger partial charge in [-0.25, -0.2) is 0 Å². The van der Waals surface area contributed by atoms with Crippen LogP contribution in [0.5, 0.6) is 0 Å². The van der Waals surface area contributed by atoms with Crippen molar-refractivity contribution >= 4 is 17.7 Å². The highest BCUT2D eigenvalue weighted by Gasteiger charge is 2.39. The number of benzene rings is 1. The third-order valence-electron chi connectivity index (χ3n) is 6.08. The minimum atomic E-state index is -0.573. The van der Waals surface area contributed by atoms with Gasteiger partial charge >= 0.3 is 0 Å². The number of imide groups is 1. The molecule has 4 rings (SSSR count). The summed E-state index contributed by atoms with van der Waals surface area (Å²) in [5.41, 5.74) is 8.32. The quantitative estimate of drug-likeness (QED) is 0.670. The van der Waals surface area contributed by atoms with E-state index in [2.05, 4.69) is 16.3 Å². The summed E-state index contributed by atoms with van der Waals surface area (Å²) in [6.45, 7) is 4.26. The molecule has 1 atom stereocenters. The van der Waals surface area contributed by atoms with E-state index in [0.29, 0.717) is 31.7 Å². The van der Waals surface area contributed by atoms with E-state index in [0.717, 1.165) is 43.6 Å². The molecule has 3 amide bonds. The summed E-state index contributed by atoms with van der Waals surface area (Å²) in [6, 6.07) is 5.24. The van der Waals surface area contributed by atoms with Crippen LogP contribution in [0.15, 0.2) is 18.2 Å². The predicted octanol–water partition coefficient (Wildman–Crippen LogP) is 0.387. The standard InChI is InChI=1S/C21H28N4O4/c22-8-11-29-15-6-9-24(10-7-15)12-14-2-1-3-16-17(14)13-25(21(16)28)18-4-5-19(26)23-20(18)27/h1-3,15,18H,4-13,22H2,(H,23,26,27). The van der Waals surface area contributed by atoms with Crippen molar-refractivity contribution in [1.82, 2.24) is 15.1 Å². The maximum absolute atomic E-state index is 12.9. The van der Waals surface area contributed by atoms with Crippen LogP contribution >= 0.6 is 0 Å². The van der Waals surface area contributed by atoms with E-state index in [1.54, 1.807) is 4.90 Å². The lowest BCUT2D eigenvalue weighted by molar-refractivity contribution is -0.136. The summed E-state index contributed by atoms with van der Waals surface area (Å²) in [6.07, 6.45) is 2.90. The van der Waals surface area contributed by atoms with Crippen LogP contribution in [0, 0.1) is 0 Å². The summed E-state index contributed by atoms with van der Waals surface area (Å²) >= 11 is 0. The first kappa shape index (κ1) is 20.0. The molecule has 8 heteroatoms. The topological polar surface area (TPSA) is 105 Å². The average Bonchev–Trinajstić information content (AvgIpc) is 3.05. The van der Waals surface area contributed by atoms with Gasteiger partial charge in [-0.05, 0) is 36.5 Å².